The molecule has 1 aromatic carbocycles. The lowest BCUT2D eigenvalue weighted by molar-refractivity contribution is 0.0651. The van der Waals surface area contributed by atoms with Crippen LogP contribution >= 0.6 is 15.9 Å². The lowest BCUT2D eigenvalue weighted by Crippen LogP contribution is -2.19. The second kappa shape index (κ2) is 4.90. The minimum Gasteiger partial charge on any atom is -0.485 e. The van der Waals surface area contributed by atoms with E-state index < -0.39 is 6.10 Å². The molecular formula is C14H11BrFNO2. The quantitative estimate of drug-likeness (QED) is 0.872. The Morgan fingerprint density at radius 3 is 2.95 bits per heavy atom. The average molecular weight is 324 g/mol. The lowest BCUT2D eigenvalue weighted by atomic mass is 9.96. The third kappa shape index (κ3) is 2.48. The summed E-state index contributed by atoms with van der Waals surface area (Å²) < 4.78 is 19.8. The van der Waals surface area contributed by atoms with E-state index in [-0.39, 0.29) is 11.9 Å². The minimum absolute atomic E-state index is 0.280. The second-order valence-electron chi connectivity index (χ2n) is 4.48. The van der Waals surface area contributed by atoms with Crippen molar-refractivity contribution in [3.05, 3.63) is 58.1 Å². The van der Waals surface area contributed by atoms with E-state index in [0.29, 0.717) is 17.7 Å². The zero-order chi connectivity index (χ0) is 13.4. The average Bonchev–Trinajstić information content (AvgIpc) is 2.39. The summed E-state index contributed by atoms with van der Waals surface area (Å²) in [5, 5.41) is 10.1. The fraction of sp³-hybridized carbons (Fsp3) is 0.214. The van der Waals surface area contributed by atoms with Gasteiger partial charge in [-0.05, 0) is 40.2 Å². The fourth-order valence-electron chi connectivity index (χ4n) is 2.23. The van der Waals surface area contributed by atoms with Gasteiger partial charge in [0.15, 0.2) is 0 Å². The Bertz CT molecular complexity index is 620. The first-order valence-corrected chi connectivity index (χ1v) is 6.67. The zero-order valence-corrected chi connectivity index (χ0v) is 11.5. The largest absolute Gasteiger partial charge is 0.485 e. The molecule has 2 atom stereocenters. The van der Waals surface area contributed by atoms with Crippen LogP contribution < -0.4 is 4.74 Å². The highest BCUT2D eigenvalue weighted by atomic mass is 79.9. The summed E-state index contributed by atoms with van der Waals surface area (Å²) in [5.74, 6) is 0.147. The molecule has 1 unspecified atom stereocenters. The Morgan fingerprint density at radius 1 is 1.32 bits per heavy atom. The molecule has 3 nitrogen and oxygen atoms in total. The van der Waals surface area contributed by atoms with Gasteiger partial charge in [-0.1, -0.05) is 0 Å². The Kier molecular flexibility index (Phi) is 3.24. The monoisotopic (exact) mass is 323 g/mol. The van der Waals surface area contributed by atoms with Crippen molar-refractivity contribution in [3.63, 3.8) is 0 Å². The van der Waals surface area contributed by atoms with E-state index in [2.05, 4.69) is 20.9 Å². The van der Waals surface area contributed by atoms with Gasteiger partial charge in [0.1, 0.15) is 17.7 Å². The standard InChI is InChI=1S/C14H11BrFNO2/c15-9-3-8(6-17-7-9)14-5-12(18)11-4-10(16)1-2-13(11)19-14/h1-4,6-7,12,14,18H,5H2/t12-,14?/m0/s1. The molecule has 0 saturated heterocycles. The van der Waals surface area contributed by atoms with E-state index in [9.17, 15) is 9.50 Å². The van der Waals surface area contributed by atoms with Gasteiger partial charge in [0.2, 0.25) is 0 Å². The van der Waals surface area contributed by atoms with Gasteiger partial charge < -0.3 is 9.84 Å². The maximum atomic E-state index is 13.2. The maximum absolute atomic E-state index is 13.2. The number of rotatable bonds is 1. The van der Waals surface area contributed by atoms with Crippen molar-refractivity contribution in [3.8, 4) is 5.75 Å². The first-order chi connectivity index (χ1) is 9.13. The number of aliphatic hydroxyl groups excluding tert-OH is 1. The van der Waals surface area contributed by atoms with Crippen LogP contribution in [0.15, 0.2) is 41.1 Å². The van der Waals surface area contributed by atoms with E-state index in [0.717, 1.165) is 10.0 Å². The number of hydrogen-bond donors (Lipinski definition) is 1. The van der Waals surface area contributed by atoms with Gasteiger partial charge in [-0.25, -0.2) is 4.39 Å². The fourth-order valence-corrected chi connectivity index (χ4v) is 2.61. The molecule has 1 aromatic heterocycles. The summed E-state index contributed by atoms with van der Waals surface area (Å²) in [4.78, 5) is 4.09. The third-order valence-corrected chi connectivity index (χ3v) is 3.57. The van der Waals surface area contributed by atoms with Crippen molar-refractivity contribution < 1.29 is 14.2 Å². The van der Waals surface area contributed by atoms with Crippen LogP contribution in [0.2, 0.25) is 0 Å². The van der Waals surface area contributed by atoms with Gasteiger partial charge in [-0.15, -0.1) is 0 Å². The predicted molar refractivity (Wildman–Crippen MR) is 71.3 cm³/mol. The number of aromatic nitrogens is 1. The van der Waals surface area contributed by atoms with Crippen molar-refractivity contribution in [1.82, 2.24) is 4.98 Å². The molecule has 3 rings (SSSR count). The van der Waals surface area contributed by atoms with Crippen LogP contribution in [0.3, 0.4) is 0 Å². The summed E-state index contributed by atoms with van der Waals surface area (Å²) in [6.45, 7) is 0. The molecule has 5 heteroatoms. The second-order valence-corrected chi connectivity index (χ2v) is 5.39. The molecule has 1 N–H and O–H groups in total. The highest BCUT2D eigenvalue weighted by Gasteiger charge is 2.28. The first kappa shape index (κ1) is 12.6. The molecule has 0 aliphatic carbocycles. The van der Waals surface area contributed by atoms with E-state index in [1.807, 2.05) is 6.07 Å². The molecule has 98 valence electrons. The van der Waals surface area contributed by atoms with Crippen LogP contribution in [0, 0.1) is 5.82 Å². The lowest BCUT2D eigenvalue weighted by Gasteiger charge is -2.29. The number of ether oxygens (including phenoxy) is 1. The molecule has 0 bridgehead atoms. The van der Waals surface area contributed by atoms with Crippen molar-refractivity contribution in [2.45, 2.75) is 18.6 Å². The van der Waals surface area contributed by atoms with Crippen LogP contribution in [0.5, 0.6) is 5.75 Å². The summed E-state index contributed by atoms with van der Waals surface area (Å²) in [5.41, 5.74) is 1.38. The molecule has 0 saturated carbocycles. The van der Waals surface area contributed by atoms with E-state index in [1.165, 1.54) is 12.1 Å². The predicted octanol–water partition coefficient (Wildman–Crippen LogP) is 3.54. The van der Waals surface area contributed by atoms with Crippen molar-refractivity contribution in [2.24, 2.45) is 0 Å². The van der Waals surface area contributed by atoms with Gasteiger partial charge in [-0.3, -0.25) is 4.98 Å². The molecule has 0 radical (unpaired) electrons. The SMILES string of the molecule is O[C@H]1CC(c2cncc(Br)c2)Oc2ccc(F)cc21. The number of hydrogen-bond acceptors (Lipinski definition) is 3. The number of aliphatic hydroxyl groups is 1. The summed E-state index contributed by atoms with van der Waals surface area (Å²) >= 11 is 3.35. The molecule has 2 aromatic rings. The van der Waals surface area contributed by atoms with E-state index in [1.54, 1.807) is 18.5 Å². The Morgan fingerprint density at radius 2 is 2.16 bits per heavy atom. The number of fused-ring (bicyclic) bond motifs is 1. The first-order valence-electron chi connectivity index (χ1n) is 5.88. The topological polar surface area (TPSA) is 42.4 Å². The maximum Gasteiger partial charge on any atom is 0.128 e. The summed E-state index contributed by atoms with van der Waals surface area (Å²) in [6.07, 6.45) is 2.76. The molecule has 19 heavy (non-hydrogen) atoms. The molecule has 0 spiro atoms. The van der Waals surface area contributed by atoms with Crippen LogP contribution in [0.25, 0.3) is 0 Å². The summed E-state index contributed by atoms with van der Waals surface area (Å²) in [6, 6.07) is 6.09. The van der Waals surface area contributed by atoms with Crippen molar-refractivity contribution >= 4 is 15.9 Å². The van der Waals surface area contributed by atoms with Gasteiger partial charge in [0, 0.05) is 34.4 Å². The highest BCUT2D eigenvalue weighted by Crippen LogP contribution is 2.41. The molecule has 0 fully saturated rings. The van der Waals surface area contributed by atoms with Crippen LogP contribution in [0.1, 0.15) is 29.8 Å². The van der Waals surface area contributed by atoms with Crippen LogP contribution in [-0.4, -0.2) is 10.1 Å². The minimum atomic E-state index is -0.733. The smallest absolute Gasteiger partial charge is 0.128 e. The Hall–Kier alpha value is -1.46. The number of pyridine rings is 1. The Balaban J connectivity index is 1.95. The van der Waals surface area contributed by atoms with E-state index in [4.69, 9.17) is 4.74 Å². The van der Waals surface area contributed by atoms with Gasteiger partial charge in [0.05, 0.1) is 6.10 Å². The van der Waals surface area contributed by atoms with Crippen LogP contribution in [0.4, 0.5) is 4.39 Å². The van der Waals surface area contributed by atoms with Gasteiger partial charge in [-0.2, -0.15) is 0 Å². The zero-order valence-electron chi connectivity index (χ0n) is 9.88. The third-order valence-electron chi connectivity index (χ3n) is 3.14. The molecule has 0 amide bonds. The molecular weight excluding hydrogens is 313 g/mol. The molecule has 1 aliphatic heterocycles. The molecule has 1 aliphatic rings. The number of nitrogens with zero attached hydrogens (tertiary/aromatic N) is 1. The van der Waals surface area contributed by atoms with Crippen molar-refractivity contribution in [2.75, 3.05) is 0 Å². The van der Waals surface area contributed by atoms with Crippen molar-refractivity contribution in [1.29, 1.82) is 0 Å². The Labute approximate surface area is 118 Å². The summed E-state index contributed by atoms with van der Waals surface area (Å²) in [7, 11) is 0. The van der Waals surface area contributed by atoms with Gasteiger partial charge in [0.25, 0.3) is 0 Å². The highest BCUT2D eigenvalue weighted by molar-refractivity contribution is 9.10. The van der Waals surface area contributed by atoms with Crippen LogP contribution in [-0.2, 0) is 0 Å². The number of benzene rings is 1. The van der Waals surface area contributed by atoms with E-state index >= 15 is 0 Å². The number of halogens is 2. The van der Waals surface area contributed by atoms with Gasteiger partial charge >= 0.3 is 0 Å². The molecule has 2 heterocycles. The normalized spacial score (nSPS) is 21.6.